The monoisotopic (exact) mass is 372 g/mol. The largest absolute Gasteiger partial charge is 0.496 e. The smallest absolute Gasteiger partial charge is 0.257 e. The Labute approximate surface area is 158 Å². The molecule has 1 heterocycles. The van der Waals surface area contributed by atoms with Gasteiger partial charge in [-0.05, 0) is 17.7 Å². The molecular weight excluding hydrogens is 348 g/mol. The Balaban J connectivity index is 1.65. The summed E-state index contributed by atoms with van der Waals surface area (Å²) < 4.78 is 8.60. The molecule has 0 saturated carbocycles. The molecule has 0 aromatic heterocycles. The molecule has 5 nitrogen and oxygen atoms in total. The van der Waals surface area contributed by atoms with Gasteiger partial charge in [0.1, 0.15) is 11.4 Å². The van der Waals surface area contributed by atoms with Crippen molar-refractivity contribution >= 4 is 23.5 Å². The van der Waals surface area contributed by atoms with Crippen LogP contribution < -0.4 is 9.46 Å². The molecule has 3 rings (SSSR count). The molecule has 0 spiro atoms. The van der Waals surface area contributed by atoms with E-state index in [1.165, 1.54) is 0 Å². The molecule has 0 unspecified atom stereocenters. The summed E-state index contributed by atoms with van der Waals surface area (Å²) >= 11 is 1.58. The number of hydrogen-bond donors (Lipinski definition) is 2. The molecule has 6 heteroatoms. The van der Waals surface area contributed by atoms with Crippen molar-refractivity contribution in [3.63, 3.8) is 0 Å². The van der Waals surface area contributed by atoms with Gasteiger partial charge >= 0.3 is 0 Å². The van der Waals surface area contributed by atoms with Gasteiger partial charge < -0.3 is 19.5 Å². The van der Waals surface area contributed by atoms with Crippen molar-refractivity contribution in [1.29, 1.82) is 0 Å². The van der Waals surface area contributed by atoms with Gasteiger partial charge in [0.05, 0.1) is 25.8 Å². The molecule has 0 aliphatic carbocycles. The molecule has 26 heavy (non-hydrogen) atoms. The van der Waals surface area contributed by atoms with Crippen molar-refractivity contribution in [3.05, 3.63) is 59.7 Å². The van der Waals surface area contributed by atoms with Gasteiger partial charge in [0.2, 0.25) is 0 Å². The van der Waals surface area contributed by atoms with Gasteiger partial charge in [-0.2, -0.15) is 0 Å². The van der Waals surface area contributed by atoms with E-state index in [4.69, 9.17) is 4.74 Å². The van der Waals surface area contributed by atoms with Crippen LogP contribution in [-0.2, 0) is 6.42 Å². The fourth-order valence-electron chi connectivity index (χ4n) is 3.15. The van der Waals surface area contributed by atoms with Crippen LogP contribution in [0.15, 0.2) is 48.5 Å². The van der Waals surface area contributed by atoms with Gasteiger partial charge in [-0.25, -0.2) is 0 Å². The molecule has 1 aliphatic rings. The molecule has 0 bridgehead atoms. The van der Waals surface area contributed by atoms with E-state index in [9.17, 15) is 9.90 Å². The normalized spacial score (nSPS) is 15.3. The maximum absolute atomic E-state index is 12.8. The first-order valence-corrected chi connectivity index (χ1v) is 9.64. The number of nitrogens with zero attached hydrogens (tertiary/aromatic N) is 1. The standard InChI is InChI=1S/C20H24N2O3S/c1-3-26-21-16-9-10-17(18(11-16)25-2)19(23)22-13-20(24,14-22)12-15-7-5-4-6-8-15/h4-11,21,24H,3,12-14H2,1-2H3. The van der Waals surface area contributed by atoms with Gasteiger partial charge in [0.15, 0.2) is 0 Å². The third-order valence-corrected chi connectivity index (χ3v) is 5.07. The number of likely N-dealkylation sites (tertiary alicyclic amines) is 1. The van der Waals surface area contributed by atoms with Crippen LogP contribution in [0.1, 0.15) is 22.8 Å². The minimum atomic E-state index is -0.858. The van der Waals surface area contributed by atoms with Crippen molar-refractivity contribution in [3.8, 4) is 5.75 Å². The third-order valence-electron chi connectivity index (χ3n) is 4.40. The average molecular weight is 372 g/mol. The molecule has 138 valence electrons. The van der Waals surface area contributed by atoms with Crippen LogP contribution in [0.5, 0.6) is 5.75 Å². The Kier molecular flexibility index (Phi) is 5.74. The first-order chi connectivity index (χ1) is 12.5. The quantitative estimate of drug-likeness (QED) is 0.731. The summed E-state index contributed by atoms with van der Waals surface area (Å²) in [6, 6.07) is 15.3. The first kappa shape index (κ1) is 18.6. The lowest BCUT2D eigenvalue weighted by atomic mass is 9.86. The van der Waals surface area contributed by atoms with E-state index in [1.54, 1.807) is 30.0 Å². The summed E-state index contributed by atoms with van der Waals surface area (Å²) in [7, 11) is 1.56. The number of nitrogens with one attached hydrogen (secondary N) is 1. The number of amides is 1. The number of carbonyl (C=O) groups is 1. The summed E-state index contributed by atoms with van der Waals surface area (Å²) in [4.78, 5) is 14.4. The summed E-state index contributed by atoms with van der Waals surface area (Å²) in [5.74, 6) is 1.36. The van der Waals surface area contributed by atoms with Crippen LogP contribution >= 0.6 is 11.9 Å². The predicted molar refractivity (Wildman–Crippen MR) is 106 cm³/mol. The SMILES string of the molecule is CCSNc1ccc(C(=O)N2CC(O)(Cc3ccccc3)C2)c(OC)c1. The molecule has 0 atom stereocenters. The molecule has 1 aliphatic heterocycles. The summed E-state index contributed by atoms with van der Waals surface area (Å²) in [6.45, 7) is 2.72. The molecule has 0 radical (unpaired) electrons. The summed E-state index contributed by atoms with van der Waals surface area (Å²) in [6.07, 6.45) is 0.547. The van der Waals surface area contributed by atoms with E-state index in [2.05, 4.69) is 11.6 Å². The fourth-order valence-corrected chi connectivity index (χ4v) is 3.59. The number of rotatable bonds is 7. The fraction of sp³-hybridized carbons (Fsp3) is 0.350. The van der Waals surface area contributed by atoms with Crippen LogP contribution in [-0.4, -0.2) is 47.5 Å². The Morgan fingerprint density at radius 2 is 2.00 bits per heavy atom. The summed E-state index contributed by atoms with van der Waals surface area (Å²) in [5.41, 5.74) is 1.63. The maximum Gasteiger partial charge on any atom is 0.257 e. The minimum Gasteiger partial charge on any atom is -0.496 e. The lowest BCUT2D eigenvalue weighted by Crippen LogP contribution is -2.64. The Hall–Kier alpha value is -2.18. The lowest BCUT2D eigenvalue weighted by Gasteiger charge is -2.46. The van der Waals surface area contributed by atoms with Crippen LogP contribution in [0.4, 0.5) is 5.69 Å². The van der Waals surface area contributed by atoms with Crippen molar-refractivity contribution in [1.82, 2.24) is 4.90 Å². The van der Waals surface area contributed by atoms with Gasteiger partial charge in [0.25, 0.3) is 5.91 Å². The molecule has 1 amide bonds. The maximum atomic E-state index is 12.8. The highest BCUT2D eigenvalue weighted by molar-refractivity contribution is 8.00. The zero-order valence-corrected chi connectivity index (χ0v) is 15.9. The molecule has 2 N–H and O–H groups in total. The number of carbonyl (C=O) groups excluding carboxylic acids is 1. The Morgan fingerprint density at radius 1 is 1.27 bits per heavy atom. The second kappa shape index (κ2) is 8.01. The second-order valence-electron chi connectivity index (χ2n) is 6.50. The Bertz CT molecular complexity index is 761. The second-order valence-corrected chi connectivity index (χ2v) is 7.57. The number of aliphatic hydroxyl groups is 1. The lowest BCUT2D eigenvalue weighted by molar-refractivity contribution is -0.0800. The van der Waals surface area contributed by atoms with Gasteiger partial charge in [-0.3, -0.25) is 4.79 Å². The molecule has 2 aromatic carbocycles. The molecule has 2 aromatic rings. The number of benzene rings is 2. The highest BCUT2D eigenvalue weighted by atomic mass is 32.2. The van der Waals surface area contributed by atoms with Crippen LogP contribution in [0.2, 0.25) is 0 Å². The highest BCUT2D eigenvalue weighted by Crippen LogP contribution is 2.31. The molecule has 1 saturated heterocycles. The van der Waals surface area contributed by atoms with E-state index in [0.29, 0.717) is 30.8 Å². The number of β-amino-alcohol motifs (C(OH)–C–C–N with tert-alkyl or cyclic N) is 1. The van der Waals surface area contributed by atoms with E-state index in [1.807, 2.05) is 42.5 Å². The number of anilines is 1. The van der Waals surface area contributed by atoms with Crippen LogP contribution in [0.25, 0.3) is 0 Å². The zero-order chi connectivity index (χ0) is 18.6. The van der Waals surface area contributed by atoms with Crippen molar-refractivity contribution in [2.45, 2.75) is 18.9 Å². The third kappa shape index (κ3) is 4.14. The number of methoxy groups -OCH3 is 1. The van der Waals surface area contributed by atoms with E-state index in [0.717, 1.165) is 17.0 Å². The van der Waals surface area contributed by atoms with E-state index >= 15 is 0 Å². The average Bonchev–Trinajstić information content (AvgIpc) is 2.64. The van der Waals surface area contributed by atoms with Gasteiger partial charge in [-0.1, -0.05) is 49.2 Å². The van der Waals surface area contributed by atoms with Crippen LogP contribution in [0, 0.1) is 0 Å². The number of ether oxygens (including phenoxy) is 1. The first-order valence-electron chi connectivity index (χ1n) is 8.66. The van der Waals surface area contributed by atoms with Gasteiger partial charge in [0, 0.05) is 23.9 Å². The van der Waals surface area contributed by atoms with Crippen LogP contribution in [0.3, 0.4) is 0 Å². The zero-order valence-electron chi connectivity index (χ0n) is 15.1. The topological polar surface area (TPSA) is 61.8 Å². The van der Waals surface area contributed by atoms with Crippen molar-refractivity contribution in [2.24, 2.45) is 0 Å². The predicted octanol–water partition coefficient (Wildman–Crippen LogP) is 3.20. The van der Waals surface area contributed by atoms with Crippen molar-refractivity contribution < 1.29 is 14.6 Å². The van der Waals surface area contributed by atoms with E-state index < -0.39 is 5.60 Å². The molecular formula is C20H24N2O3S. The number of hydrogen-bond acceptors (Lipinski definition) is 5. The minimum absolute atomic E-state index is 0.116. The van der Waals surface area contributed by atoms with Crippen molar-refractivity contribution in [2.75, 3.05) is 30.7 Å². The highest BCUT2D eigenvalue weighted by Gasteiger charge is 2.44. The summed E-state index contributed by atoms with van der Waals surface area (Å²) in [5, 5.41) is 10.7. The molecule has 1 fully saturated rings. The van der Waals surface area contributed by atoms with Gasteiger partial charge in [-0.15, -0.1) is 0 Å². The Morgan fingerprint density at radius 3 is 2.65 bits per heavy atom. The van der Waals surface area contributed by atoms with E-state index in [-0.39, 0.29) is 5.91 Å².